The van der Waals surface area contributed by atoms with Gasteiger partial charge in [-0.1, -0.05) is 31.2 Å². The number of carboxylic acids is 1. The smallest absolute Gasteiger partial charge is 0.336 e. The molecule has 148 valence electrons. The second-order valence-corrected chi connectivity index (χ2v) is 7.26. The van der Waals surface area contributed by atoms with Gasteiger partial charge in [0.15, 0.2) is 5.11 Å². The highest BCUT2D eigenvalue weighted by Crippen LogP contribution is 2.40. The summed E-state index contributed by atoms with van der Waals surface area (Å²) < 4.78 is 6.19. The molecule has 1 saturated heterocycles. The second kappa shape index (κ2) is 8.05. The molecule has 0 aliphatic carbocycles. The van der Waals surface area contributed by atoms with Gasteiger partial charge in [0.05, 0.1) is 17.3 Å². The van der Waals surface area contributed by atoms with E-state index in [0.717, 1.165) is 24.4 Å². The van der Waals surface area contributed by atoms with E-state index in [4.69, 9.17) is 16.6 Å². The molecule has 29 heavy (non-hydrogen) atoms. The number of hydrogen-bond acceptors (Lipinski definition) is 4. The first kappa shape index (κ1) is 19.1. The zero-order valence-corrected chi connectivity index (χ0v) is 16.7. The van der Waals surface area contributed by atoms with Gasteiger partial charge in [0, 0.05) is 18.3 Å². The molecular formula is C22H21N3O3S. The summed E-state index contributed by atoms with van der Waals surface area (Å²) in [6.45, 7) is 2.88. The lowest BCUT2D eigenvalue weighted by molar-refractivity contribution is 0.0697. The van der Waals surface area contributed by atoms with Crippen molar-refractivity contribution < 1.29 is 14.3 Å². The molecule has 3 aromatic rings. The molecule has 0 bridgehead atoms. The number of carboxylic acid groups (broad SMARTS) is 1. The van der Waals surface area contributed by atoms with Gasteiger partial charge in [-0.3, -0.25) is 4.98 Å². The average Bonchev–Trinajstić information content (AvgIpc) is 3.34. The van der Waals surface area contributed by atoms with Crippen molar-refractivity contribution in [2.75, 3.05) is 6.54 Å². The molecule has 2 aromatic heterocycles. The number of benzene rings is 1. The third-order valence-electron chi connectivity index (χ3n) is 5.00. The van der Waals surface area contributed by atoms with Crippen molar-refractivity contribution in [3.05, 3.63) is 77.8 Å². The van der Waals surface area contributed by atoms with Gasteiger partial charge in [-0.15, -0.1) is 0 Å². The van der Waals surface area contributed by atoms with Crippen molar-refractivity contribution in [2.45, 2.75) is 25.4 Å². The van der Waals surface area contributed by atoms with Crippen LogP contribution in [0.15, 0.2) is 65.2 Å². The van der Waals surface area contributed by atoms with Gasteiger partial charge in [0.25, 0.3) is 0 Å². The Morgan fingerprint density at radius 2 is 2.00 bits per heavy atom. The number of aromatic carboxylic acids is 1. The van der Waals surface area contributed by atoms with Gasteiger partial charge in [-0.25, -0.2) is 4.79 Å². The van der Waals surface area contributed by atoms with Crippen LogP contribution in [0.3, 0.4) is 0 Å². The van der Waals surface area contributed by atoms with E-state index >= 15 is 0 Å². The van der Waals surface area contributed by atoms with Crippen LogP contribution in [0.5, 0.6) is 0 Å². The lowest BCUT2D eigenvalue weighted by atomic mass is 10.0. The van der Waals surface area contributed by atoms with Crippen molar-refractivity contribution in [2.24, 2.45) is 0 Å². The molecule has 0 saturated carbocycles. The highest BCUT2D eigenvalue weighted by Gasteiger charge is 2.41. The quantitative estimate of drug-likeness (QED) is 0.586. The largest absolute Gasteiger partial charge is 0.478 e. The number of pyridine rings is 1. The molecule has 1 fully saturated rings. The number of rotatable bonds is 6. The third kappa shape index (κ3) is 3.61. The molecule has 1 aliphatic rings. The zero-order chi connectivity index (χ0) is 20.4. The summed E-state index contributed by atoms with van der Waals surface area (Å²) in [6.07, 6.45) is 2.69. The van der Waals surface area contributed by atoms with E-state index in [-0.39, 0.29) is 17.6 Å². The number of nitrogens with zero attached hydrogens (tertiary/aromatic N) is 2. The molecule has 0 unspecified atom stereocenters. The van der Waals surface area contributed by atoms with Gasteiger partial charge >= 0.3 is 5.97 Å². The molecule has 0 spiro atoms. The van der Waals surface area contributed by atoms with Crippen molar-refractivity contribution in [1.82, 2.24) is 15.2 Å². The van der Waals surface area contributed by atoms with E-state index in [0.29, 0.717) is 16.4 Å². The fourth-order valence-corrected chi connectivity index (χ4v) is 4.07. The SMILES string of the molecule is CCCN1C(=S)N[C@H](c2ccccn2)[C@H]1c1ccc(-c2ccccc2C(=O)O)o1. The molecule has 1 aromatic carbocycles. The van der Waals surface area contributed by atoms with Crippen molar-refractivity contribution in [3.8, 4) is 11.3 Å². The van der Waals surface area contributed by atoms with E-state index in [1.54, 1.807) is 30.5 Å². The second-order valence-electron chi connectivity index (χ2n) is 6.87. The van der Waals surface area contributed by atoms with Crippen molar-refractivity contribution in [3.63, 3.8) is 0 Å². The number of furan rings is 1. The van der Waals surface area contributed by atoms with E-state index in [1.165, 1.54) is 0 Å². The first-order valence-corrected chi connectivity index (χ1v) is 9.91. The molecular weight excluding hydrogens is 386 g/mol. The van der Waals surface area contributed by atoms with E-state index in [9.17, 15) is 9.90 Å². The maximum Gasteiger partial charge on any atom is 0.336 e. The number of aromatic nitrogens is 1. The summed E-state index contributed by atoms with van der Waals surface area (Å²) in [4.78, 5) is 18.2. The van der Waals surface area contributed by atoms with Crippen LogP contribution in [-0.2, 0) is 0 Å². The summed E-state index contributed by atoms with van der Waals surface area (Å²) >= 11 is 5.58. The minimum atomic E-state index is -0.985. The standard InChI is InChI=1S/C22H21N3O3S/c1-2-13-25-20(19(24-22(25)29)16-9-5-6-12-23-16)18-11-10-17(28-18)14-7-3-4-8-15(14)21(26)27/h3-12,19-20H,2,13H2,1H3,(H,24,29)(H,26,27)/t19-,20-/m1/s1. The van der Waals surface area contributed by atoms with Crippen LogP contribution in [0.4, 0.5) is 0 Å². The maximum absolute atomic E-state index is 11.6. The first-order valence-electron chi connectivity index (χ1n) is 9.50. The normalized spacial score (nSPS) is 18.7. The number of nitrogens with one attached hydrogen (secondary N) is 1. The highest BCUT2D eigenvalue weighted by molar-refractivity contribution is 7.80. The van der Waals surface area contributed by atoms with Gasteiger partial charge in [0.1, 0.15) is 17.6 Å². The lowest BCUT2D eigenvalue weighted by Gasteiger charge is -2.25. The molecule has 1 aliphatic heterocycles. The van der Waals surface area contributed by atoms with Gasteiger partial charge in [-0.05, 0) is 49.0 Å². The molecule has 2 atom stereocenters. The molecule has 6 nitrogen and oxygen atoms in total. The number of thiocarbonyl (C=S) groups is 1. The average molecular weight is 407 g/mol. The minimum absolute atomic E-state index is 0.149. The Morgan fingerprint density at radius 3 is 2.72 bits per heavy atom. The summed E-state index contributed by atoms with van der Waals surface area (Å²) in [5.74, 6) is 0.255. The summed E-state index contributed by atoms with van der Waals surface area (Å²) in [5.41, 5.74) is 1.64. The van der Waals surface area contributed by atoms with Crippen molar-refractivity contribution in [1.29, 1.82) is 0 Å². The molecule has 3 heterocycles. The fraction of sp³-hybridized carbons (Fsp3) is 0.227. The Bertz CT molecular complexity index is 1030. The Balaban J connectivity index is 1.75. The molecule has 4 rings (SSSR count). The topological polar surface area (TPSA) is 78.6 Å². The van der Waals surface area contributed by atoms with Gasteiger partial charge in [-0.2, -0.15) is 0 Å². The monoisotopic (exact) mass is 407 g/mol. The molecule has 2 N–H and O–H groups in total. The van der Waals surface area contributed by atoms with Crippen molar-refractivity contribution >= 4 is 23.3 Å². The Kier molecular flexibility index (Phi) is 5.31. The van der Waals surface area contributed by atoms with Crippen LogP contribution < -0.4 is 5.32 Å². The zero-order valence-electron chi connectivity index (χ0n) is 15.9. The lowest BCUT2D eigenvalue weighted by Crippen LogP contribution is -2.30. The third-order valence-corrected chi connectivity index (χ3v) is 5.36. The fourth-order valence-electron chi connectivity index (χ4n) is 3.74. The van der Waals surface area contributed by atoms with Gasteiger partial charge < -0.3 is 19.7 Å². The highest BCUT2D eigenvalue weighted by atomic mass is 32.1. The van der Waals surface area contributed by atoms with Crippen LogP contribution in [-0.4, -0.2) is 32.6 Å². The summed E-state index contributed by atoms with van der Waals surface area (Å²) in [6, 6.07) is 16.0. The van der Waals surface area contributed by atoms with Crippen LogP contribution >= 0.6 is 12.2 Å². The van der Waals surface area contributed by atoms with E-state index in [2.05, 4.69) is 22.1 Å². The van der Waals surface area contributed by atoms with Crippen LogP contribution in [0.1, 0.15) is 47.2 Å². The molecule has 0 amide bonds. The summed E-state index contributed by atoms with van der Waals surface area (Å²) in [5, 5.41) is 13.5. The number of hydrogen-bond donors (Lipinski definition) is 2. The predicted octanol–water partition coefficient (Wildman–Crippen LogP) is 4.42. The van der Waals surface area contributed by atoms with Crippen LogP contribution in [0.25, 0.3) is 11.3 Å². The Hall–Kier alpha value is -3.19. The van der Waals surface area contributed by atoms with E-state index in [1.807, 2.05) is 30.3 Å². The predicted molar refractivity (Wildman–Crippen MR) is 114 cm³/mol. The Labute approximate surface area is 174 Å². The van der Waals surface area contributed by atoms with Gasteiger partial charge in [0.2, 0.25) is 0 Å². The maximum atomic E-state index is 11.6. The van der Waals surface area contributed by atoms with Crippen LogP contribution in [0, 0.1) is 0 Å². The molecule has 0 radical (unpaired) electrons. The minimum Gasteiger partial charge on any atom is -0.478 e. The molecule has 7 heteroatoms. The summed E-state index contributed by atoms with van der Waals surface area (Å²) in [7, 11) is 0. The van der Waals surface area contributed by atoms with E-state index < -0.39 is 5.97 Å². The Morgan fingerprint density at radius 1 is 1.21 bits per heavy atom. The number of carbonyl (C=O) groups is 1. The first-order chi connectivity index (χ1) is 14.1. The van der Waals surface area contributed by atoms with Crippen LogP contribution in [0.2, 0.25) is 0 Å².